The first-order valence-corrected chi connectivity index (χ1v) is 11.3. The molecule has 3 aromatic rings. The zero-order valence-electron chi connectivity index (χ0n) is 18.2. The van der Waals surface area contributed by atoms with Gasteiger partial charge in [-0.05, 0) is 42.2 Å². The van der Waals surface area contributed by atoms with Crippen molar-refractivity contribution in [2.24, 2.45) is 0 Å². The highest BCUT2D eigenvalue weighted by atomic mass is 35.5. The van der Waals surface area contributed by atoms with Gasteiger partial charge >= 0.3 is 0 Å². The average molecular weight is 433 g/mol. The number of halogens is 1. The van der Waals surface area contributed by atoms with Crippen molar-refractivity contribution in [3.8, 4) is 11.1 Å². The predicted octanol–water partition coefficient (Wildman–Crippen LogP) is 5.59. The van der Waals surface area contributed by atoms with Crippen LogP contribution in [0.15, 0.2) is 72.8 Å². The van der Waals surface area contributed by atoms with Crippen molar-refractivity contribution in [2.75, 3.05) is 19.6 Å². The number of piperazine rings is 1. The minimum Gasteiger partial charge on any atom is -0.337 e. The van der Waals surface area contributed by atoms with E-state index in [1.807, 2.05) is 23.1 Å². The fourth-order valence-electron chi connectivity index (χ4n) is 4.45. The second-order valence-corrected chi connectivity index (χ2v) is 8.88. The monoisotopic (exact) mass is 432 g/mol. The van der Waals surface area contributed by atoms with Crippen molar-refractivity contribution in [3.63, 3.8) is 0 Å². The molecule has 31 heavy (non-hydrogen) atoms. The third kappa shape index (κ3) is 5.36. The molecule has 3 aromatic carbocycles. The van der Waals surface area contributed by atoms with Gasteiger partial charge < -0.3 is 4.90 Å². The van der Waals surface area contributed by atoms with Gasteiger partial charge in [0.25, 0.3) is 0 Å². The third-order valence-electron chi connectivity index (χ3n) is 6.08. The van der Waals surface area contributed by atoms with Gasteiger partial charge in [-0.1, -0.05) is 77.8 Å². The summed E-state index contributed by atoms with van der Waals surface area (Å²) in [7, 11) is 0. The minimum atomic E-state index is 0.167. The van der Waals surface area contributed by atoms with Crippen LogP contribution in [-0.4, -0.2) is 41.4 Å². The normalized spacial score (nSPS) is 17.0. The van der Waals surface area contributed by atoms with Crippen LogP contribution < -0.4 is 0 Å². The maximum absolute atomic E-state index is 12.2. The smallest absolute Gasteiger partial charge is 0.219 e. The van der Waals surface area contributed by atoms with Crippen LogP contribution in [-0.2, 0) is 17.8 Å². The van der Waals surface area contributed by atoms with Crippen molar-refractivity contribution in [2.45, 2.75) is 32.9 Å². The third-order valence-corrected chi connectivity index (χ3v) is 6.41. The number of benzene rings is 3. The molecule has 1 aliphatic heterocycles. The standard InChI is InChI=1S/C27H29ClN2O/c1-20-8-13-27(28)26(16-20)24-11-9-23(10-12-24)18-29-14-15-30(21(2)31)25(19-29)17-22-6-4-3-5-7-22/h3-13,16,25H,14-15,17-19H2,1-2H3. The molecule has 0 bridgehead atoms. The van der Waals surface area contributed by atoms with Crippen LogP contribution in [0.25, 0.3) is 11.1 Å². The van der Waals surface area contributed by atoms with E-state index in [-0.39, 0.29) is 11.9 Å². The average Bonchev–Trinajstić information content (AvgIpc) is 2.77. The molecule has 160 valence electrons. The quantitative estimate of drug-likeness (QED) is 0.524. The van der Waals surface area contributed by atoms with Gasteiger partial charge in [0, 0.05) is 49.7 Å². The second kappa shape index (κ2) is 9.67. The van der Waals surface area contributed by atoms with E-state index in [4.69, 9.17) is 11.6 Å². The maximum Gasteiger partial charge on any atom is 0.219 e. The van der Waals surface area contributed by atoms with Gasteiger partial charge in [-0.25, -0.2) is 0 Å². The number of carbonyl (C=O) groups is 1. The van der Waals surface area contributed by atoms with E-state index in [0.29, 0.717) is 0 Å². The number of hydrogen-bond acceptors (Lipinski definition) is 2. The molecule has 1 fully saturated rings. The molecule has 0 aromatic heterocycles. The highest BCUT2D eigenvalue weighted by molar-refractivity contribution is 6.33. The van der Waals surface area contributed by atoms with E-state index in [0.717, 1.165) is 48.7 Å². The van der Waals surface area contributed by atoms with Crippen LogP contribution in [0, 0.1) is 6.92 Å². The molecule has 0 spiro atoms. The first kappa shape index (κ1) is 21.6. The molecule has 1 unspecified atom stereocenters. The molecule has 4 heteroatoms. The largest absolute Gasteiger partial charge is 0.337 e. The Hall–Kier alpha value is -2.62. The van der Waals surface area contributed by atoms with Gasteiger partial charge in [0.05, 0.1) is 0 Å². The van der Waals surface area contributed by atoms with E-state index in [9.17, 15) is 4.79 Å². The molecular weight excluding hydrogens is 404 g/mol. The summed E-state index contributed by atoms with van der Waals surface area (Å²) in [5.74, 6) is 0.167. The Balaban J connectivity index is 1.45. The van der Waals surface area contributed by atoms with Gasteiger partial charge in [-0.2, -0.15) is 0 Å². The van der Waals surface area contributed by atoms with Gasteiger partial charge in [-0.3, -0.25) is 9.69 Å². The first-order chi connectivity index (χ1) is 15.0. The summed E-state index contributed by atoms with van der Waals surface area (Å²) in [4.78, 5) is 16.7. The van der Waals surface area contributed by atoms with E-state index < -0.39 is 0 Å². The molecular formula is C27H29ClN2O. The lowest BCUT2D eigenvalue weighted by Gasteiger charge is -2.41. The van der Waals surface area contributed by atoms with Crippen molar-refractivity contribution >= 4 is 17.5 Å². The summed E-state index contributed by atoms with van der Waals surface area (Å²) >= 11 is 6.41. The van der Waals surface area contributed by atoms with Gasteiger partial charge in [0.15, 0.2) is 0 Å². The van der Waals surface area contributed by atoms with Crippen LogP contribution >= 0.6 is 11.6 Å². The zero-order chi connectivity index (χ0) is 21.8. The predicted molar refractivity (Wildman–Crippen MR) is 128 cm³/mol. The Bertz CT molecular complexity index is 1030. The number of carbonyl (C=O) groups excluding carboxylic acids is 1. The SMILES string of the molecule is CC(=O)N1CCN(Cc2ccc(-c3cc(C)ccc3Cl)cc2)CC1Cc1ccccc1. The van der Waals surface area contributed by atoms with E-state index in [1.54, 1.807) is 6.92 Å². The number of rotatable bonds is 5. The lowest BCUT2D eigenvalue weighted by atomic mass is 10.0. The number of nitrogens with zero attached hydrogens (tertiary/aromatic N) is 2. The number of amides is 1. The molecule has 0 aliphatic carbocycles. The molecule has 1 amide bonds. The summed E-state index contributed by atoms with van der Waals surface area (Å²) in [6.07, 6.45) is 0.891. The Morgan fingerprint density at radius 2 is 1.71 bits per heavy atom. The van der Waals surface area contributed by atoms with Gasteiger partial charge in [0.1, 0.15) is 0 Å². The number of aryl methyl sites for hydroxylation is 1. The van der Waals surface area contributed by atoms with Crippen molar-refractivity contribution in [1.82, 2.24) is 9.80 Å². The molecule has 4 rings (SSSR count). The molecule has 1 heterocycles. The summed E-state index contributed by atoms with van der Waals surface area (Å²) < 4.78 is 0. The zero-order valence-corrected chi connectivity index (χ0v) is 19.0. The minimum absolute atomic E-state index is 0.167. The first-order valence-electron chi connectivity index (χ1n) is 10.9. The van der Waals surface area contributed by atoms with E-state index in [2.05, 4.69) is 66.4 Å². The summed E-state index contributed by atoms with van der Waals surface area (Å²) in [6.45, 7) is 7.22. The molecule has 1 saturated heterocycles. The van der Waals surface area contributed by atoms with Crippen molar-refractivity contribution in [1.29, 1.82) is 0 Å². The Morgan fingerprint density at radius 3 is 2.42 bits per heavy atom. The lowest BCUT2D eigenvalue weighted by Crippen LogP contribution is -2.55. The molecule has 3 nitrogen and oxygen atoms in total. The number of hydrogen-bond donors (Lipinski definition) is 0. The summed E-state index contributed by atoms with van der Waals surface area (Å²) in [5, 5.41) is 0.780. The highest BCUT2D eigenvalue weighted by Gasteiger charge is 2.28. The second-order valence-electron chi connectivity index (χ2n) is 8.47. The molecule has 0 N–H and O–H groups in total. The highest BCUT2D eigenvalue weighted by Crippen LogP contribution is 2.29. The fourth-order valence-corrected chi connectivity index (χ4v) is 4.67. The van der Waals surface area contributed by atoms with Crippen LogP contribution in [0.3, 0.4) is 0 Å². The van der Waals surface area contributed by atoms with Gasteiger partial charge in [0.2, 0.25) is 5.91 Å². The summed E-state index contributed by atoms with van der Waals surface area (Å²) in [5.41, 5.74) is 5.98. The van der Waals surface area contributed by atoms with Crippen LogP contribution in [0.5, 0.6) is 0 Å². The fraction of sp³-hybridized carbons (Fsp3) is 0.296. The topological polar surface area (TPSA) is 23.6 Å². The Kier molecular flexibility index (Phi) is 6.74. The van der Waals surface area contributed by atoms with E-state index >= 15 is 0 Å². The molecule has 1 atom stereocenters. The lowest BCUT2D eigenvalue weighted by molar-refractivity contribution is -0.133. The molecule has 0 radical (unpaired) electrons. The van der Waals surface area contributed by atoms with Crippen LogP contribution in [0.1, 0.15) is 23.6 Å². The van der Waals surface area contributed by atoms with E-state index in [1.165, 1.54) is 16.7 Å². The maximum atomic E-state index is 12.2. The van der Waals surface area contributed by atoms with Crippen LogP contribution in [0.4, 0.5) is 0 Å². The van der Waals surface area contributed by atoms with Crippen LogP contribution in [0.2, 0.25) is 5.02 Å². The molecule has 0 saturated carbocycles. The Morgan fingerprint density at radius 1 is 0.968 bits per heavy atom. The van der Waals surface area contributed by atoms with Gasteiger partial charge in [-0.15, -0.1) is 0 Å². The van der Waals surface area contributed by atoms with Crippen molar-refractivity contribution < 1.29 is 4.79 Å². The summed E-state index contributed by atoms with van der Waals surface area (Å²) in [6, 6.07) is 25.5. The Labute approximate surface area is 190 Å². The van der Waals surface area contributed by atoms with Crippen molar-refractivity contribution in [3.05, 3.63) is 94.5 Å². The molecule has 1 aliphatic rings.